The second-order valence-corrected chi connectivity index (χ2v) is 6.23. The smallest absolute Gasteiger partial charge is 0.244 e. The standard InChI is InChI=1S/C16H7F6N5S/c17-15(18,19)11-3-9(4-12(5-11)16(20,21)22)13-25-8-27(26-13)7-10(6-23)14-24-1-2-28-14/h1-5,7-8H. The summed E-state index contributed by atoms with van der Waals surface area (Å²) in [7, 11) is 0. The molecular formula is C16H7F6N5S. The fraction of sp³-hybridized carbons (Fsp3) is 0.125. The highest BCUT2D eigenvalue weighted by atomic mass is 32.1. The van der Waals surface area contributed by atoms with Gasteiger partial charge in [-0.25, -0.2) is 14.6 Å². The second-order valence-electron chi connectivity index (χ2n) is 5.33. The molecular weight excluding hydrogens is 408 g/mol. The third-order valence-corrected chi connectivity index (χ3v) is 4.21. The van der Waals surface area contributed by atoms with Gasteiger partial charge in [-0.15, -0.1) is 16.4 Å². The Kier molecular flexibility index (Phi) is 4.95. The van der Waals surface area contributed by atoms with Gasteiger partial charge in [0.2, 0.25) is 0 Å². The third-order valence-electron chi connectivity index (χ3n) is 3.40. The van der Waals surface area contributed by atoms with Crippen molar-refractivity contribution in [2.24, 2.45) is 0 Å². The van der Waals surface area contributed by atoms with Crippen LogP contribution in [0.3, 0.4) is 0 Å². The molecule has 0 saturated heterocycles. The molecule has 5 nitrogen and oxygen atoms in total. The van der Waals surface area contributed by atoms with Crippen LogP contribution in [-0.2, 0) is 12.4 Å². The predicted octanol–water partition coefficient (Wildman–Crippen LogP) is 4.96. The van der Waals surface area contributed by atoms with Gasteiger partial charge in [0.1, 0.15) is 23.0 Å². The number of hydrogen-bond donors (Lipinski definition) is 0. The van der Waals surface area contributed by atoms with E-state index in [2.05, 4.69) is 15.1 Å². The zero-order chi connectivity index (χ0) is 20.5. The van der Waals surface area contributed by atoms with Gasteiger partial charge in [0.25, 0.3) is 0 Å². The van der Waals surface area contributed by atoms with Crippen molar-refractivity contribution in [2.45, 2.75) is 12.4 Å². The Bertz CT molecular complexity index is 1020. The first-order chi connectivity index (χ1) is 13.1. The lowest BCUT2D eigenvalue weighted by atomic mass is 10.0. The van der Waals surface area contributed by atoms with Gasteiger partial charge in [0.15, 0.2) is 5.82 Å². The Hall–Kier alpha value is -3.20. The molecule has 12 heteroatoms. The zero-order valence-corrected chi connectivity index (χ0v) is 14.3. The minimum Gasteiger partial charge on any atom is -0.244 e. The molecule has 0 saturated carbocycles. The highest BCUT2D eigenvalue weighted by Gasteiger charge is 2.37. The minimum absolute atomic E-state index is 0.0244. The van der Waals surface area contributed by atoms with E-state index in [4.69, 9.17) is 0 Å². The highest BCUT2D eigenvalue weighted by molar-refractivity contribution is 7.10. The summed E-state index contributed by atoms with van der Waals surface area (Å²) in [4.78, 5) is 7.69. The van der Waals surface area contributed by atoms with Crippen LogP contribution in [0.5, 0.6) is 0 Å². The van der Waals surface area contributed by atoms with Gasteiger partial charge >= 0.3 is 12.4 Å². The molecule has 28 heavy (non-hydrogen) atoms. The molecule has 0 atom stereocenters. The molecule has 144 valence electrons. The first-order valence-electron chi connectivity index (χ1n) is 7.31. The van der Waals surface area contributed by atoms with E-state index in [1.54, 1.807) is 5.38 Å². The Balaban J connectivity index is 2.05. The van der Waals surface area contributed by atoms with Crippen molar-refractivity contribution in [1.29, 1.82) is 5.26 Å². The van der Waals surface area contributed by atoms with E-state index < -0.39 is 29.0 Å². The molecule has 0 N–H and O–H groups in total. The Morgan fingerprint density at radius 3 is 2.18 bits per heavy atom. The lowest BCUT2D eigenvalue weighted by molar-refractivity contribution is -0.143. The Morgan fingerprint density at radius 1 is 1.04 bits per heavy atom. The molecule has 0 aliphatic carbocycles. The molecule has 3 aromatic rings. The van der Waals surface area contributed by atoms with Gasteiger partial charge in [-0.2, -0.15) is 31.6 Å². The first kappa shape index (κ1) is 19.6. The molecule has 0 aliphatic heterocycles. The maximum atomic E-state index is 13.0. The van der Waals surface area contributed by atoms with Gasteiger partial charge in [-0.1, -0.05) is 0 Å². The van der Waals surface area contributed by atoms with Crippen LogP contribution in [0.25, 0.3) is 23.2 Å². The largest absolute Gasteiger partial charge is 0.416 e. The highest BCUT2D eigenvalue weighted by Crippen LogP contribution is 2.38. The second kappa shape index (κ2) is 7.08. The van der Waals surface area contributed by atoms with Gasteiger partial charge in [0, 0.05) is 17.1 Å². The van der Waals surface area contributed by atoms with Gasteiger partial charge in [0.05, 0.1) is 17.3 Å². The molecule has 3 rings (SSSR count). The average molecular weight is 415 g/mol. The van der Waals surface area contributed by atoms with E-state index in [1.165, 1.54) is 23.7 Å². The van der Waals surface area contributed by atoms with Crippen LogP contribution in [-0.4, -0.2) is 19.7 Å². The monoisotopic (exact) mass is 415 g/mol. The molecule has 0 radical (unpaired) electrons. The predicted molar refractivity (Wildman–Crippen MR) is 87.4 cm³/mol. The number of nitriles is 1. The van der Waals surface area contributed by atoms with E-state index in [1.807, 2.05) is 6.07 Å². The number of aromatic nitrogens is 4. The zero-order valence-electron chi connectivity index (χ0n) is 13.5. The van der Waals surface area contributed by atoms with Crippen LogP contribution in [0.15, 0.2) is 36.1 Å². The topological polar surface area (TPSA) is 67.4 Å². The lowest BCUT2D eigenvalue weighted by Crippen LogP contribution is -2.11. The average Bonchev–Trinajstić information content (AvgIpc) is 3.29. The van der Waals surface area contributed by atoms with Crippen LogP contribution in [0.4, 0.5) is 26.3 Å². The summed E-state index contributed by atoms with van der Waals surface area (Å²) in [6, 6.07) is 2.97. The van der Waals surface area contributed by atoms with Crippen molar-refractivity contribution < 1.29 is 26.3 Å². The van der Waals surface area contributed by atoms with Crippen LogP contribution in [0, 0.1) is 11.3 Å². The van der Waals surface area contributed by atoms with Crippen molar-refractivity contribution in [3.05, 3.63) is 52.2 Å². The van der Waals surface area contributed by atoms with Crippen LogP contribution >= 0.6 is 11.3 Å². The number of benzene rings is 1. The number of halogens is 6. The summed E-state index contributed by atoms with van der Waals surface area (Å²) in [5.41, 5.74) is -3.29. The molecule has 0 amide bonds. The number of allylic oxidation sites excluding steroid dienone is 1. The fourth-order valence-corrected chi connectivity index (χ4v) is 2.77. The summed E-state index contributed by atoms with van der Waals surface area (Å²) in [5.74, 6) is -0.357. The Morgan fingerprint density at radius 2 is 1.68 bits per heavy atom. The minimum atomic E-state index is -4.97. The fourth-order valence-electron chi connectivity index (χ4n) is 2.17. The molecule has 1 aromatic carbocycles. The maximum absolute atomic E-state index is 13.0. The van der Waals surface area contributed by atoms with Crippen molar-refractivity contribution in [2.75, 3.05) is 0 Å². The molecule has 0 aliphatic rings. The third kappa shape index (κ3) is 4.20. The Labute approximate surface area is 157 Å². The van der Waals surface area contributed by atoms with E-state index >= 15 is 0 Å². The van der Waals surface area contributed by atoms with Crippen LogP contribution < -0.4 is 0 Å². The first-order valence-corrected chi connectivity index (χ1v) is 8.18. The van der Waals surface area contributed by atoms with E-state index in [-0.39, 0.29) is 17.5 Å². The number of nitrogens with zero attached hydrogens (tertiary/aromatic N) is 5. The summed E-state index contributed by atoms with van der Waals surface area (Å²) in [6.07, 6.45) is -6.20. The lowest BCUT2D eigenvalue weighted by Gasteiger charge is -2.13. The molecule has 0 spiro atoms. The van der Waals surface area contributed by atoms with Gasteiger partial charge in [-0.05, 0) is 18.2 Å². The molecule has 2 heterocycles. The normalized spacial score (nSPS) is 12.8. The summed E-state index contributed by atoms with van der Waals surface area (Å²) >= 11 is 1.17. The summed E-state index contributed by atoms with van der Waals surface area (Å²) < 4.78 is 78.8. The molecule has 0 fully saturated rings. The van der Waals surface area contributed by atoms with Crippen molar-refractivity contribution in [1.82, 2.24) is 19.7 Å². The maximum Gasteiger partial charge on any atom is 0.416 e. The van der Waals surface area contributed by atoms with Crippen molar-refractivity contribution in [3.63, 3.8) is 0 Å². The van der Waals surface area contributed by atoms with Crippen molar-refractivity contribution in [3.8, 4) is 17.5 Å². The quantitative estimate of drug-likeness (QED) is 0.448. The van der Waals surface area contributed by atoms with Gasteiger partial charge in [-0.3, -0.25) is 0 Å². The number of hydrogen-bond acceptors (Lipinski definition) is 5. The number of alkyl halides is 6. The molecule has 0 bridgehead atoms. The number of thiazole rings is 1. The van der Waals surface area contributed by atoms with Crippen molar-refractivity contribution >= 4 is 23.1 Å². The number of rotatable bonds is 3. The van der Waals surface area contributed by atoms with Crippen LogP contribution in [0.2, 0.25) is 0 Å². The molecule has 2 aromatic heterocycles. The SMILES string of the molecule is N#CC(=Cn1cnc(-c2cc(C(F)(F)F)cc(C(F)(F)F)c2)n1)c1nccs1. The van der Waals surface area contributed by atoms with Gasteiger partial charge < -0.3 is 0 Å². The summed E-state index contributed by atoms with van der Waals surface area (Å²) in [5, 5.41) is 15.0. The van der Waals surface area contributed by atoms with E-state index in [9.17, 15) is 31.6 Å². The van der Waals surface area contributed by atoms with Crippen LogP contribution in [0.1, 0.15) is 16.1 Å². The molecule has 0 unspecified atom stereocenters. The summed E-state index contributed by atoms with van der Waals surface area (Å²) in [6.45, 7) is 0. The van der Waals surface area contributed by atoms with E-state index in [0.717, 1.165) is 11.0 Å². The van der Waals surface area contributed by atoms with E-state index in [0.29, 0.717) is 17.1 Å².